The van der Waals surface area contributed by atoms with Gasteiger partial charge in [-0.1, -0.05) is 63.4 Å². The topological polar surface area (TPSA) is 88.8 Å². The Morgan fingerprint density at radius 3 is 2.37 bits per heavy atom. The van der Waals surface area contributed by atoms with Gasteiger partial charge >= 0.3 is 6.03 Å². The highest BCUT2D eigenvalue weighted by atomic mass is 79.9. The molecule has 0 saturated carbocycles. The van der Waals surface area contributed by atoms with Crippen LogP contribution in [-0.2, 0) is 16.1 Å². The van der Waals surface area contributed by atoms with Gasteiger partial charge in [-0.25, -0.2) is 4.79 Å². The Hall–Kier alpha value is -3.47. The van der Waals surface area contributed by atoms with Crippen molar-refractivity contribution in [2.75, 3.05) is 26.2 Å². The maximum absolute atomic E-state index is 15.1. The summed E-state index contributed by atoms with van der Waals surface area (Å²) in [5, 5.41) is 4.47. The van der Waals surface area contributed by atoms with Crippen LogP contribution in [0.15, 0.2) is 82.3 Å². The van der Waals surface area contributed by atoms with Gasteiger partial charge in [0.2, 0.25) is 11.8 Å². The van der Waals surface area contributed by atoms with Crippen LogP contribution in [0.25, 0.3) is 10.9 Å². The number of carbonyl (C=O) groups is 3. The van der Waals surface area contributed by atoms with Crippen molar-refractivity contribution in [2.45, 2.75) is 55.5 Å². The molecule has 46 heavy (non-hydrogen) atoms. The molecule has 0 unspecified atom stereocenters. The minimum absolute atomic E-state index is 0.0226. The fraction of sp³-hybridized carbons (Fsp3) is 0.343. The zero-order valence-corrected chi connectivity index (χ0v) is 29.2. The molecule has 2 aliphatic rings. The molecule has 2 fully saturated rings. The number of benzene rings is 3. The molecule has 0 aliphatic carbocycles. The lowest BCUT2D eigenvalue weighted by molar-refractivity contribution is -0.136. The fourth-order valence-corrected chi connectivity index (χ4v) is 8.32. The number of thioether (sulfide) groups is 1. The third-order valence-corrected chi connectivity index (χ3v) is 10.9. The van der Waals surface area contributed by atoms with E-state index >= 15 is 4.79 Å². The lowest BCUT2D eigenvalue weighted by atomic mass is 9.90. The van der Waals surface area contributed by atoms with Crippen molar-refractivity contribution in [1.82, 2.24) is 25.0 Å². The van der Waals surface area contributed by atoms with Crippen LogP contribution >= 0.6 is 39.3 Å². The van der Waals surface area contributed by atoms with Crippen molar-refractivity contribution in [3.63, 3.8) is 0 Å². The van der Waals surface area contributed by atoms with Crippen molar-refractivity contribution >= 4 is 68.0 Å². The van der Waals surface area contributed by atoms with E-state index in [1.807, 2.05) is 103 Å². The zero-order chi connectivity index (χ0) is 32.6. The SMILES string of the molecule is Cc1ccc(S[C@@]2(C(=O)N3CCN(C(=O)NC(C)C)CC3)CC(=O)N(Cc3ccc(Br)cc3)[C@H]2c2c[nH]c3cc(Cl)ccc23)cc1. The number of halogens is 2. The van der Waals surface area contributed by atoms with E-state index in [4.69, 9.17) is 11.6 Å². The van der Waals surface area contributed by atoms with E-state index in [1.165, 1.54) is 11.8 Å². The number of likely N-dealkylation sites (tertiary alicyclic amines) is 1. The maximum atomic E-state index is 15.1. The van der Waals surface area contributed by atoms with Crippen LogP contribution < -0.4 is 5.32 Å². The summed E-state index contributed by atoms with van der Waals surface area (Å²) in [7, 11) is 0. The highest BCUT2D eigenvalue weighted by Gasteiger charge is 2.60. The molecule has 2 atom stereocenters. The summed E-state index contributed by atoms with van der Waals surface area (Å²) in [5.41, 5.74) is 3.80. The first-order valence-electron chi connectivity index (χ1n) is 15.4. The number of hydrogen-bond donors (Lipinski definition) is 2. The number of aromatic nitrogens is 1. The Morgan fingerprint density at radius 1 is 1.02 bits per heavy atom. The monoisotopic (exact) mass is 721 g/mol. The highest BCUT2D eigenvalue weighted by Crippen LogP contribution is 2.55. The van der Waals surface area contributed by atoms with Crippen molar-refractivity contribution < 1.29 is 14.4 Å². The summed E-state index contributed by atoms with van der Waals surface area (Å²) in [6, 6.07) is 21.0. The number of aryl methyl sites for hydroxylation is 1. The predicted molar refractivity (Wildman–Crippen MR) is 187 cm³/mol. The number of amides is 4. The number of hydrogen-bond acceptors (Lipinski definition) is 4. The van der Waals surface area contributed by atoms with Gasteiger partial charge in [-0.15, -0.1) is 11.8 Å². The molecule has 6 rings (SSSR count). The van der Waals surface area contributed by atoms with Gasteiger partial charge < -0.3 is 25.0 Å². The fourth-order valence-electron chi connectivity index (χ4n) is 6.41. The van der Waals surface area contributed by atoms with Gasteiger partial charge in [0.25, 0.3) is 0 Å². The van der Waals surface area contributed by atoms with Crippen LogP contribution in [-0.4, -0.2) is 74.5 Å². The van der Waals surface area contributed by atoms with Crippen LogP contribution in [0.3, 0.4) is 0 Å². The van der Waals surface area contributed by atoms with E-state index in [9.17, 15) is 9.59 Å². The molecule has 0 spiro atoms. The molecule has 2 aliphatic heterocycles. The van der Waals surface area contributed by atoms with Gasteiger partial charge in [0.05, 0.1) is 12.5 Å². The second-order valence-electron chi connectivity index (χ2n) is 12.3. The molecule has 0 bridgehead atoms. The summed E-state index contributed by atoms with van der Waals surface area (Å²) < 4.78 is -0.214. The van der Waals surface area contributed by atoms with Crippen molar-refractivity contribution in [2.24, 2.45) is 0 Å². The number of piperazine rings is 1. The number of urea groups is 1. The van der Waals surface area contributed by atoms with E-state index in [0.717, 1.165) is 37.0 Å². The second-order valence-corrected chi connectivity index (χ2v) is 15.1. The van der Waals surface area contributed by atoms with Gasteiger partial charge in [-0.2, -0.15) is 0 Å². The van der Waals surface area contributed by atoms with Gasteiger partial charge in [0.1, 0.15) is 4.75 Å². The quantitative estimate of drug-likeness (QED) is 0.212. The molecule has 1 aromatic heterocycles. The molecule has 0 radical (unpaired) electrons. The van der Waals surface area contributed by atoms with E-state index in [2.05, 4.69) is 26.2 Å². The van der Waals surface area contributed by atoms with Gasteiger partial charge in [0.15, 0.2) is 0 Å². The molecule has 2 saturated heterocycles. The average molecular weight is 723 g/mol. The number of carbonyl (C=O) groups excluding carboxylic acids is 3. The Balaban J connectivity index is 1.44. The lowest BCUT2D eigenvalue weighted by Gasteiger charge is -2.42. The molecule has 4 amide bonds. The normalized spacial score (nSPS) is 20.2. The van der Waals surface area contributed by atoms with Crippen LogP contribution in [0.2, 0.25) is 5.02 Å². The number of aromatic amines is 1. The minimum Gasteiger partial charge on any atom is -0.361 e. The van der Waals surface area contributed by atoms with Crippen molar-refractivity contribution in [3.05, 3.63) is 99.1 Å². The van der Waals surface area contributed by atoms with E-state index < -0.39 is 10.8 Å². The highest BCUT2D eigenvalue weighted by molar-refractivity contribution is 9.10. The summed E-state index contributed by atoms with van der Waals surface area (Å²) in [5.74, 6) is -0.180. The minimum atomic E-state index is -1.17. The molecular formula is C35H37BrClN5O3S. The third kappa shape index (κ3) is 6.52. The maximum Gasteiger partial charge on any atom is 0.317 e. The number of fused-ring (bicyclic) bond motifs is 1. The zero-order valence-electron chi connectivity index (χ0n) is 26.1. The Bertz CT molecular complexity index is 1750. The lowest BCUT2D eigenvalue weighted by Crippen LogP contribution is -2.58. The first kappa shape index (κ1) is 32.5. The van der Waals surface area contributed by atoms with Crippen molar-refractivity contribution in [3.8, 4) is 0 Å². The molecule has 11 heteroatoms. The van der Waals surface area contributed by atoms with Crippen LogP contribution in [0.4, 0.5) is 4.79 Å². The molecule has 4 aromatic rings. The van der Waals surface area contributed by atoms with Gasteiger partial charge in [-0.05, 0) is 62.7 Å². The van der Waals surface area contributed by atoms with Crippen molar-refractivity contribution in [1.29, 1.82) is 0 Å². The largest absolute Gasteiger partial charge is 0.361 e. The van der Waals surface area contributed by atoms with E-state index in [0.29, 0.717) is 37.7 Å². The van der Waals surface area contributed by atoms with E-state index in [1.54, 1.807) is 4.90 Å². The molecule has 240 valence electrons. The third-order valence-electron chi connectivity index (χ3n) is 8.67. The van der Waals surface area contributed by atoms with Gasteiger partial charge in [-0.3, -0.25) is 9.59 Å². The van der Waals surface area contributed by atoms with E-state index in [-0.39, 0.29) is 30.3 Å². The van der Waals surface area contributed by atoms with Gasteiger partial charge in [0, 0.05) is 75.8 Å². The number of H-pyrrole nitrogens is 1. The molecule has 3 aromatic carbocycles. The summed E-state index contributed by atoms with van der Waals surface area (Å²) in [4.78, 5) is 51.9. The summed E-state index contributed by atoms with van der Waals surface area (Å²) in [6.07, 6.45) is 1.96. The number of nitrogens with zero attached hydrogens (tertiary/aromatic N) is 3. The molecule has 2 N–H and O–H groups in total. The summed E-state index contributed by atoms with van der Waals surface area (Å²) >= 11 is 11.3. The first-order chi connectivity index (χ1) is 22.0. The standard InChI is InChI=1S/C35H37BrClN5O3S/c1-22(2)39-34(45)41-16-14-40(15-17-41)33(44)35(46-27-11-4-23(3)5-12-27)19-31(43)42(21-24-6-8-25(36)9-7-24)32(35)29-20-38-30-18-26(37)10-13-28(29)30/h4-13,18,20,22,32,38H,14-17,19,21H2,1-3H3,(H,39,45)/t32-,35-/m0/s1. The smallest absolute Gasteiger partial charge is 0.317 e. The van der Waals surface area contributed by atoms with Crippen LogP contribution in [0, 0.1) is 6.92 Å². The van der Waals surface area contributed by atoms with Crippen LogP contribution in [0.1, 0.15) is 43.0 Å². The molecule has 8 nitrogen and oxygen atoms in total. The summed E-state index contributed by atoms with van der Waals surface area (Å²) in [6.45, 7) is 7.85. The Kier molecular flexibility index (Phi) is 9.41. The molecular weight excluding hydrogens is 686 g/mol. The first-order valence-corrected chi connectivity index (χ1v) is 17.4. The average Bonchev–Trinajstić information content (AvgIpc) is 3.56. The molecule has 3 heterocycles. The Morgan fingerprint density at radius 2 is 1.70 bits per heavy atom. The predicted octanol–water partition coefficient (Wildman–Crippen LogP) is 7.16. The number of rotatable bonds is 7. The Labute approximate surface area is 287 Å². The second kappa shape index (κ2) is 13.3. The number of nitrogens with one attached hydrogen (secondary N) is 2. The van der Waals surface area contributed by atoms with Crippen LogP contribution in [0.5, 0.6) is 0 Å².